The Morgan fingerprint density at radius 2 is 2.21 bits per heavy atom. The van der Waals surface area contributed by atoms with Crippen molar-refractivity contribution in [1.29, 1.82) is 0 Å². The molecule has 0 spiro atoms. The molecule has 2 unspecified atom stereocenters. The van der Waals surface area contributed by atoms with Crippen molar-refractivity contribution in [3.8, 4) is 0 Å². The fraction of sp³-hybridized carbons (Fsp3) is 0.357. The number of aryl methyl sites for hydroxylation is 1. The highest BCUT2D eigenvalue weighted by atomic mass is 16.6. The Balaban J connectivity index is 2.16. The van der Waals surface area contributed by atoms with Gasteiger partial charge in [0.2, 0.25) is 0 Å². The molecule has 19 heavy (non-hydrogen) atoms. The molecule has 1 aromatic heterocycles. The quantitative estimate of drug-likeness (QED) is 0.676. The smallest absolute Gasteiger partial charge is 0.295 e. The largest absolute Gasteiger partial charge is 0.381 e. The zero-order chi connectivity index (χ0) is 13.6. The molecule has 98 valence electrons. The number of hydrogen-bond donors (Lipinski definition) is 1. The first-order valence-electron chi connectivity index (χ1n) is 6.37. The summed E-state index contributed by atoms with van der Waals surface area (Å²) < 4.78 is 0. The Bertz CT molecular complexity index is 669. The van der Waals surface area contributed by atoms with Crippen molar-refractivity contribution in [2.24, 2.45) is 5.92 Å². The van der Waals surface area contributed by atoms with Gasteiger partial charge in [-0.2, -0.15) is 0 Å². The van der Waals surface area contributed by atoms with Gasteiger partial charge in [0.25, 0.3) is 5.69 Å². The number of para-hydroxylation sites is 1. The summed E-state index contributed by atoms with van der Waals surface area (Å²) in [5.74, 6) is 0.669. The third kappa shape index (κ3) is 2.12. The number of nitro benzene ring substituents is 1. The molecule has 1 aliphatic carbocycles. The van der Waals surface area contributed by atoms with E-state index in [0.717, 1.165) is 23.2 Å². The van der Waals surface area contributed by atoms with Crippen LogP contribution in [0.1, 0.15) is 19.0 Å². The topological polar surface area (TPSA) is 68.1 Å². The van der Waals surface area contributed by atoms with E-state index >= 15 is 0 Å². The van der Waals surface area contributed by atoms with Crippen molar-refractivity contribution in [2.75, 3.05) is 5.32 Å². The standard InChI is InChI=1S/C14H15N3O2/c1-8-6-11(8)16-12-7-9(2)15-14-10(12)4-3-5-13(14)17(18)19/h3-5,7-8,11H,6H2,1-2H3,(H,15,16). The molecule has 1 saturated carbocycles. The lowest BCUT2D eigenvalue weighted by Crippen LogP contribution is -2.05. The first-order chi connectivity index (χ1) is 9.06. The normalized spacial score (nSPS) is 21.4. The van der Waals surface area contributed by atoms with Crippen molar-refractivity contribution in [2.45, 2.75) is 26.3 Å². The first kappa shape index (κ1) is 11.9. The summed E-state index contributed by atoms with van der Waals surface area (Å²) in [5.41, 5.74) is 2.26. The van der Waals surface area contributed by atoms with Crippen LogP contribution in [0.3, 0.4) is 0 Å². The van der Waals surface area contributed by atoms with E-state index in [1.807, 2.05) is 19.1 Å². The Labute approximate surface area is 110 Å². The second-order valence-electron chi connectivity index (χ2n) is 5.21. The van der Waals surface area contributed by atoms with Crippen molar-refractivity contribution >= 4 is 22.3 Å². The van der Waals surface area contributed by atoms with E-state index in [0.29, 0.717) is 17.5 Å². The Morgan fingerprint density at radius 1 is 1.47 bits per heavy atom. The van der Waals surface area contributed by atoms with Crippen LogP contribution in [0.15, 0.2) is 24.3 Å². The molecule has 2 atom stereocenters. The number of rotatable bonds is 3. The van der Waals surface area contributed by atoms with Crippen LogP contribution >= 0.6 is 0 Å². The van der Waals surface area contributed by atoms with Gasteiger partial charge in [0, 0.05) is 28.9 Å². The molecule has 1 aliphatic rings. The summed E-state index contributed by atoms with van der Waals surface area (Å²) in [6.07, 6.45) is 1.15. The van der Waals surface area contributed by atoms with Gasteiger partial charge in [-0.1, -0.05) is 19.1 Å². The molecular weight excluding hydrogens is 242 g/mol. The molecule has 0 aliphatic heterocycles. The van der Waals surface area contributed by atoms with E-state index in [-0.39, 0.29) is 10.6 Å². The summed E-state index contributed by atoms with van der Waals surface area (Å²) >= 11 is 0. The molecule has 1 heterocycles. The van der Waals surface area contributed by atoms with Gasteiger partial charge in [0.15, 0.2) is 5.52 Å². The first-order valence-corrected chi connectivity index (χ1v) is 6.37. The third-order valence-corrected chi connectivity index (χ3v) is 3.59. The maximum atomic E-state index is 11.1. The molecule has 1 aromatic carbocycles. The SMILES string of the molecule is Cc1cc(NC2CC2C)c2cccc([N+](=O)[O-])c2n1. The van der Waals surface area contributed by atoms with Crippen LogP contribution in [0, 0.1) is 23.0 Å². The van der Waals surface area contributed by atoms with Gasteiger partial charge in [0.05, 0.1) is 4.92 Å². The molecule has 3 rings (SSSR count). The second-order valence-corrected chi connectivity index (χ2v) is 5.21. The zero-order valence-corrected chi connectivity index (χ0v) is 10.9. The van der Waals surface area contributed by atoms with Gasteiger partial charge < -0.3 is 5.32 Å². The highest BCUT2D eigenvalue weighted by Crippen LogP contribution is 2.36. The van der Waals surface area contributed by atoms with E-state index < -0.39 is 0 Å². The van der Waals surface area contributed by atoms with Crippen molar-refractivity contribution in [1.82, 2.24) is 4.98 Å². The summed E-state index contributed by atoms with van der Waals surface area (Å²) in [4.78, 5) is 15.0. The van der Waals surface area contributed by atoms with E-state index in [2.05, 4.69) is 17.2 Å². The number of nitrogens with one attached hydrogen (secondary N) is 1. The van der Waals surface area contributed by atoms with Crippen molar-refractivity contribution in [3.05, 3.63) is 40.1 Å². The maximum absolute atomic E-state index is 11.1. The predicted octanol–water partition coefficient (Wildman–Crippen LogP) is 3.27. The van der Waals surface area contributed by atoms with E-state index in [4.69, 9.17) is 0 Å². The summed E-state index contributed by atoms with van der Waals surface area (Å²) in [7, 11) is 0. The highest BCUT2D eigenvalue weighted by molar-refractivity contribution is 5.96. The number of aromatic nitrogens is 1. The van der Waals surface area contributed by atoms with Crippen LogP contribution in [-0.2, 0) is 0 Å². The average molecular weight is 257 g/mol. The molecule has 2 aromatic rings. The fourth-order valence-corrected chi connectivity index (χ4v) is 2.35. The van der Waals surface area contributed by atoms with Crippen LogP contribution in [-0.4, -0.2) is 15.9 Å². The Kier molecular flexibility index (Phi) is 2.62. The minimum Gasteiger partial charge on any atom is -0.381 e. The number of nitro groups is 1. The fourth-order valence-electron chi connectivity index (χ4n) is 2.35. The molecule has 0 radical (unpaired) electrons. The lowest BCUT2D eigenvalue weighted by Gasteiger charge is -2.10. The Morgan fingerprint density at radius 3 is 2.84 bits per heavy atom. The van der Waals surface area contributed by atoms with Gasteiger partial charge in [0.1, 0.15) is 0 Å². The molecule has 1 fully saturated rings. The van der Waals surface area contributed by atoms with Gasteiger partial charge in [-0.05, 0) is 25.3 Å². The van der Waals surface area contributed by atoms with E-state index in [9.17, 15) is 10.1 Å². The minimum atomic E-state index is -0.377. The second kappa shape index (κ2) is 4.19. The van der Waals surface area contributed by atoms with Gasteiger partial charge >= 0.3 is 0 Å². The summed E-state index contributed by atoms with van der Waals surface area (Å²) in [5, 5.41) is 15.3. The number of hydrogen-bond acceptors (Lipinski definition) is 4. The lowest BCUT2D eigenvalue weighted by molar-refractivity contribution is -0.383. The molecule has 0 saturated heterocycles. The molecule has 5 heteroatoms. The average Bonchev–Trinajstić information content (AvgIpc) is 3.03. The molecular formula is C14H15N3O2. The number of pyridine rings is 1. The van der Waals surface area contributed by atoms with Crippen LogP contribution in [0.25, 0.3) is 10.9 Å². The summed E-state index contributed by atoms with van der Waals surface area (Å²) in [6, 6.07) is 7.52. The molecule has 0 bridgehead atoms. The van der Waals surface area contributed by atoms with Crippen LogP contribution in [0.4, 0.5) is 11.4 Å². The van der Waals surface area contributed by atoms with Crippen molar-refractivity contribution in [3.63, 3.8) is 0 Å². The minimum absolute atomic E-state index is 0.0631. The molecule has 5 nitrogen and oxygen atoms in total. The van der Waals surface area contributed by atoms with Gasteiger partial charge in [-0.15, -0.1) is 0 Å². The van der Waals surface area contributed by atoms with Gasteiger partial charge in [-0.3, -0.25) is 10.1 Å². The van der Waals surface area contributed by atoms with E-state index in [1.165, 1.54) is 6.07 Å². The number of fused-ring (bicyclic) bond motifs is 1. The lowest BCUT2D eigenvalue weighted by atomic mass is 10.1. The zero-order valence-electron chi connectivity index (χ0n) is 10.9. The number of anilines is 1. The summed E-state index contributed by atoms with van der Waals surface area (Å²) in [6.45, 7) is 4.05. The van der Waals surface area contributed by atoms with Gasteiger partial charge in [-0.25, -0.2) is 4.98 Å². The highest BCUT2D eigenvalue weighted by Gasteiger charge is 2.32. The number of non-ortho nitro benzene ring substituents is 1. The Hall–Kier alpha value is -2.17. The van der Waals surface area contributed by atoms with Crippen LogP contribution < -0.4 is 5.32 Å². The number of benzene rings is 1. The maximum Gasteiger partial charge on any atom is 0.295 e. The molecule has 1 N–H and O–H groups in total. The third-order valence-electron chi connectivity index (χ3n) is 3.59. The monoisotopic (exact) mass is 257 g/mol. The van der Waals surface area contributed by atoms with Crippen LogP contribution in [0.2, 0.25) is 0 Å². The predicted molar refractivity (Wildman–Crippen MR) is 74.3 cm³/mol. The van der Waals surface area contributed by atoms with E-state index in [1.54, 1.807) is 6.07 Å². The van der Waals surface area contributed by atoms with Crippen LogP contribution in [0.5, 0.6) is 0 Å². The molecule has 0 amide bonds. The van der Waals surface area contributed by atoms with Crippen molar-refractivity contribution < 1.29 is 4.92 Å². The number of nitrogens with zero attached hydrogens (tertiary/aromatic N) is 2.